The van der Waals surface area contributed by atoms with E-state index in [0.29, 0.717) is 0 Å². The molecule has 12 heteroatoms. The minimum Gasteiger partial charge on any atom is -0.464 e. The van der Waals surface area contributed by atoms with Crippen molar-refractivity contribution in [2.75, 3.05) is 32.1 Å². The van der Waals surface area contributed by atoms with E-state index in [9.17, 15) is 27.9 Å². The second-order valence-corrected chi connectivity index (χ2v) is 10.5. The van der Waals surface area contributed by atoms with Gasteiger partial charge in [0.25, 0.3) is 10.1 Å². The molecule has 0 saturated heterocycles. The largest absolute Gasteiger partial charge is 0.508 e. The molecule has 1 aliphatic carbocycles. The second-order valence-electron chi connectivity index (χ2n) is 8.75. The van der Waals surface area contributed by atoms with Crippen LogP contribution in [0.3, 0.4) is 0 Å². The molecule has 1 atom stereocenters. The fraction of sp³-hybridized carbons (Fsp3) is 0.857. The predicted octanol–water partition coefficient (Wildman–Crippen LogP) is 1.67. The zero-order valence-corrected chi connectivity index (χ0v) is 20.5. The maximum absolute atomic E-state index is 12.1. The van der Waals surface area contributed by atoms with E-state index in [-0.39, 0.29) is 50.4 Å². The van der Waals surface area contributed by atoms with Crippen LogP contribution < -0.4 is 5.32 Å². The number of hydrogen-bond acceptors (Lipinski definition) is 10. The molecule has 0 spiro atoms. The molecule has 0 bridgehead atoms. The van der Waals surface area contributed by atoms with Crippen LogP contribution in [0.25, 0.3) is 0 Å². The van der Waals surface area contributed by atoms with Gasteiger partial charge < -0.3 is 24.6 Å². The number of aliphatic hydroxyl groups excluding tert-OH is 1. The quantitative estimate of drug-likeness (QED) is 0.206. The van der Waals surface area contributed by atoms with Gasteiger partial charge in [0.05, 0.1) is 25.6 Å². The summed E-state index contributed by atoms with van der Waals surface area (Å²) in [6.45, 7) is 3.93. The minimum atomic E-state index is -3.89. The third-order valence-electron chi connectivity index (χ3n) is 5.09. The highest BCUT2D eigenvalue weighted by Gasteiger charge is 2.36. The van der Waals surface area contributed by atoms with Crippen molar-refractivity contribution in [2.24, 2.45) is 5.41 Å². The summed E-state index contributed by atoms with van der Waals surface area (Å²) in [6.07, 6.45) is 2.79. The van der Waals surface area contributed by atoms with Crippen LogP contribution in [-0.2, 0) is 38.1 Å². The van der Waals surface area contributed by atoms with E-state index in [4.69, 9.17) is 18.4 Å². The Morgan fingerprint density at radius 3 is 2.33 bits per heavy atom. The van der Waals surface area contributed by atoms with Gasteiger partial charge in [-0.25, -0.2) is 9.59 Å². The van der Waals surface area contributed by atoms with Crippen molar-refractivity contribution in [3.8, 4) is 0 Å². The van der Waals surface area contributed by atoms with E-state index in [0.717, 1.165) is 32.1 Å². The Bertz CT molecular complexity index is 731. The molecule has 0 radical (unpaired) electrons. The Balaban J connectivity index is 2.25. The van der Waals surface area contributed by atoms with Crippen LogP contribution >= 0.6 is 0 Å². The molecule has 1 amide bonds. The maximum atomic E-state index is 12.1. The number of esters is 1. The van der Waals surface area contributed by atoms with Crippen LogP contribution in [0.4, 0.5) is 4.79 Å². The summed E-state index contributed by atoms with van der Waals surface area (Å²) < 4.78 is 44.0. The molecule has 0 aromatic heterocycles. The molecule has 0 aromatic carbocycles. The first-order valence-corrected chi connectivity index (χ1v) is 12.8. The summed E-state index contributed by atoms with van der Waals surface area (Å²) in [6, 6.07) is 0. The summed E-state index contributed by atoms with van der Waals surface area (Å²) in [5.74, 6) is -1.51. The molecule has 33 heavy (non-hydrogen) atoms. The van der Waals surface area contributed by atoms with Crippen molar-refractivity contribution < 1.29 is 46.3 Å². The SMILES string of the molecule is CC(=O)NCCCS(=O)(=O)OCC(C)(C)[C@@H](O)C(=O)OCCCOC(=O)OC1CCCCC1. The molecule has 1 fully saturated rings. The number of rotatable bonds is 14. The van der Waals surface area contributed by atoms with E-state index in [1.165, 1.54) is 20.8 Å². The number of carbonyl (C=O) groups is 3. The molecule has 0 heterocycles. The summed E-state index contributed by atoms with van der Waals surface area (Å²) in [7, 11) is -3.89. The van der Waals surface area contributed by atoms with Gasteiger partial charge in [-0.15, -0.1) is 0 Å². The molecule has 1 rings (SSSR count). The van der Waals surface area contributed by atoms with Gasteiger partial charge in [-0.1, -0.05) is 20.3 Å². The number of aliphatic hydroxyl groups is 1. The molecule has 0 unspecified atom stereocenters. The van der Waals surface area contributed by atoms with Gasteiger partial charge in [-0.3, -0.25) is 8.98 Å². The van der Waals surface area contributed by atoms with Gasteiger partial charge in [-0.05, 0) is 32.1 Å². The van der Waals surface area contributed by atoms with Crippen LogP contribution in [0, 0.1) is 5.41 Å². The molecule has 1 aliphatic rings. The Labute approximate surface area is 195 Å². The zero-order valence-electron chi connectivity index (χ0n) is 19.7. The number of nitrogens with one attached hydrogen (secondary N) is 1. The van der Waals surface area contributed by atoms with Gasteiger partial charge in [0.2, 0.25) is 5.91 Å². The van der Waals surface area contributed by atoms with Crippen molar-refractivity contribution >= 4 is 28.1 Å². The summed E-state index contributed by atoms with van der Waals surface area (Å²) in [5, 5.41) is 12.7. The topological polar surface area (TPSA) is 155 Å². The highest BCUT2D eigenvalue weighted by atomic mass is 32.2. The maximum Gasteiger partial charge on any atom is 0.508 e. The van der Waals surface area contributed by atoms with Crippen molar-refractivity contribution in [3.05, 3.63) is 0 Å². The normalized spacial score (nSPS) is 16.0. The fourth-order valence-corrected chi connectivity index (χ4v) is 4.13. The average Bonchev–Trinajstić information content (AvgIpc) is 2.75. The van der Waals surface area contributed by atoms with Crippen molar-refractivity contribution in [1.29, 1.82) is 0 Å². The Morgan fingerprint density at radius 1 is 1.06 bits per heavy atom. The molecule has 192 valence electrons. The molecular weight excluding hydrogens is 458 g/mol. The minimum absolute atomic E-state index is 0.00182. The van der Waals surface area contributed by atoms with E-state index in [2.05, 4.69) is 5.32 Å². The first-order valence-electron chi connectivity index (χ1n) is 11.2. The number of carbonyl (C=O) groups excluding carboxylic acids is 3. The average molecular weight is 496 g/mol. The van der Waals surface area contributed by atoms with Crippen LogP contribution in [-0.4, -0.2) is 75.9 Å². The number of hydrogen-bond donors (Lipinski definition) is 2. The third kappa shape index (κ3) is 12.8. The van der Waals surface area contributed by atoms with Crippen LogP contribution in [0.1, 0.15) is 65.7 Å². The summed E-state index contributed by atoms with van der Waals surface area (Å²) in [5.41, 5.74) is -1.23. The van der Waals surface area contributed by atoms with Gasteiger partial charge in [0.1, 0.15) is 6.10 Å². The van der Waals surface area contributed by atoms with E-state index in [1.807, 2.05) is 0 Å². The third-order valence-corrected chi connectivity index (χ3v) is 6.35. The number of ether oxygens (including phenoxy) is 3. The summed E-state index contributed by atoms with van der Waals surface area (Å²) in [4.78, 5) is 34.5. The molecular formula is C21H37NO10S. The lowest BCUT2D eigenvalue weighted by Gasteiger charge is -2.28. The van der Waals surface area contributed by atoms with E-state index >= 15 is 0 Å². The first-order chi connectivity index (χ1) is 15.4. The zero-order chi connectivity index (χ0) is 24.9. The summed E-state index contributed by atoms with van der Waals surface area (Å²) >= 11 is 0. The molecule has 0 aliphatic heterocycles. The molecule has 0 aromatic rings. The Hall–Kier alpha value is -1.92. The second kappa shape index (κ2) is 14.4. The first kappa shape index (κ1) is 29.1. The monoisotopic (exact) mass is 495 g/mol. The van der Waals surface area contributed by atoms with Crippen LogP contribution in [0.2, 0.25) is 0 Å². The molecule has 1 saturated carbocycles. The van der Waals surface area contributed by atoms with Gasteiger partial charge in [0.15, 0.2) is 6.10 Å². The van der Waals surface area contributed by atoms with Crippen molar-refractivity contribution in [2.45, 2.75) is 77.9 Å². The van der Waals surface area contributed by atoms with Crippen molar-refractivity contribution in [3.63, 3.8) is 0 Å². The van der Waals surface area contributed by atoms with E-state index in [1.54, 1.807) is 0 Å². The Morgan fingerprint density at radius 2 is 1.70 bits per heavy atom. The van der Waals surface area contributed by atoms with E-state index < -0.39 is 40.4 Å². The van der Waals surface area contributed by atoms with Gasteiger partial charge in [-0.2, -0.15) is 8.42 Å². The van der Waals surface area contributed by atoms with Gasteiger partial charge >= 0.3 is 12.1 Å². The van der Waals surface area contributed by atoms with Crippen LogP contribution in [0.5, 0.6) is 0 Å². The fourth-order valence-electron chi connectivity index (χ4n) is 3.03. The number of amides is 1. The lowest BCUT2D eigenvalue weighted by Crippen LogP contribution is -2.41. The smallest absolute Gasteiger partial charge is 0.464 e. The molecule has 11 nitrogen and oxygen atoms in total. The van der Waals surface area contributed by atoms with Crippen molar-refractivity contribution in [1.82, 2.24) is 5.32 Å². The Kier molecular flexibility index (Phi) is 12.7. The standard InChI is InChI=1S/C21H37NO10S/c1-16(23)22-11-7-14-33(27,28)31-15-21(2,3)18(24)19(25)29-12-8-13-30-20(26)32-17-9-5-4-6-10-17/h17-18,24H,4-15H2,1-3H3,(H,22,23)/t18-/m0/s1. The van der Waals surface area contributed by atoms with Crippen LogP contribution in [0.15, 0.2) is 0 Å². The van der Waals surface area contributed by atoms with Gasteiger partial charge in [0, 0.05) is 25.3 Å². The lowest BCUT2D eigenvalue weighted by molar-refractivity contribution is -0.161. The highest BCUT2D eigenvalue weighted by Crippen LogP contribution is 2.23. The predicted molar refractivity (Wildman–Crippen MR) is 118 cm³/mol. The molecule has 2 N–H and O–H groups in total. The highest BCUT2D eigenvalue weighted by molar-refractivity contribution is 7.86. The lowest BCUT2D eigenvalue weighted by atomic mass is 9.88.